The maximum absolute atomic E-state index is 10.3. The summed E-state index contributed by atoms with van der Waals surface area (Å²) >= 11 is 3.43. The summed E-state index contributed by atoms with van der Waals surface area (Å²) < 4.78 is 11.3. The molecule has 0 radical (unpaired) electrons. The van der Waals surface area contributed by atoms with Crippen molar-refractivity contribution < 1.29 is 14.3 Å². The largest absolute Gasteiger partial charge is 0.497 e. The highest BCUT2D eigenvalue weighted by molar-refractivity contribution is 9.10. The molecule has 1 rings (SSSR count). The summed E-state index contributed by atoms with van der Waals surface area (Å²) in [4.78, 5) is 10.3. The van der Waals surface area contributed by atoms with Crippen molar-refractivity contribution in [1.29, 1.82) is 0 Å². The van der Waals surface area contributed by atoms with Gasteiger partial charge in [-0.05, 0) is 12.5 Å². The Balaban J connectivity index is 3.06. The Labute approximate surface area is 97.5 Å². The summed E-state index contributed by atoms with van der Waals surface area (Å²) in [7, 11) is 3.21. The van der Waals surface area contributed by atoms with Gasteiger partial charge in [0.2, 0.25) is 0 Å². The van der Waals surface area contributed by atoms with Crippen LogP contribution in [0.5, 0.6) is 11.5 Å². The molecule has 0 amide bonds. The van der Waals surface area contributed by atoms with E-state index in [-0.39, 0.29) is 0 Å². The second-order valence-corrected chi connectivity index (χ2v) is 3.85. The molecule has 0 bridgehead atoms. The molecule has 0 spiro atoms. The van der Waals surface area contributed by atoms with E-state index in [1.54, 1.807) is 14.2 Å². The van der Waals surface area contributed by atoms with Crippen molar-refractivity contribution >= 4 is 22.2 Å². The number of hydrogen-bond acceptors (Lipinski definition) is 3. The van der Waals surface area contributed by atoms with Crippen LogP contribution < -0.4 is 9.47 Å². The minimum atomic E-state index is 0.487. The van der Waals surface area contributed by atoms with Crippen molar-refractivity contribution in [3.8, 4) is 11.5 Å². The summed E-state index contributed by atoms with van der Waals surface area (Å²) in [5, 5.41) is 0. The van der Waals surface area contributed by atoms with E-state index in [2.05, 4.69) is 15.9 Å². The Bertz CT molecular complexity index is 350. The van der Waals surface area contributed by atoms with Crippen LogP contribution in [0.1, 0.15) is 12.0 Å². The third-order valence-corrected chi connectivity index (χ3v) is 2.80. The van der Waals surface area contributed by atoms with Crippen LogP contribution in [0, 0.1) is 0 Å². The second-order valence-electron chi connectivity index (χ2n) is 3.00. The highest BCUT2D eigenvalue weighted by Gasteiger charge is 2.09. The van der Waals surface area contributed by atoms with E-state index in [4.69, 9.17) is 9.47 Å². The highest BCUT2D eigenvalue weighted by Crippen LogP contribution is 2.32. The number of benzene rings is 1. The van der Waals surface area contributed by atoms with Crippen molar-refractivity contribution in [1.82, 2.24) is 0 Å². The Morgan fingerprint density at radius 3 is 2.60 bits per heavy atom. The molecule has 1 aromatic rings. The first-order valence-corrected chi connectivity index (χ1v) is 5.36. The normalized spacial score (nSPS) is 9.80. The molecule has 0 aromatic heterocycles. The summed E-state index contributed by atoms with van der Waals surface area (Å²) in [5.74, 6) is 1.47. The maximum Gasteiger partial charge on any atom is 0.126 e. The minimum absolute atomic E-state index is 0.487. The smallest absolute Gasteiger partial charge is 0.126 e. The van der Waals surface area contributed by atoms with Crippen LogP contribution in [-0.4, -0.2) is 20.5 Å². The molecule has 0 aliphatic heterocycles. The van der Waals surface area contributed by atoms with Gasteiger partial charge in [-0.3, -0.25) is 0 Å². The minimum Gasteiger partial charge on any atom is -0.497 e. The van der Waals surface area contributed by atoms with Gasteiger partial charge in [0.05, 0.1) is 14.2 Å². The SMILES string of the molecule is COc1cc(Br)c(CCC=O)c(OC)c1. The molecular formula is C11H13BrO3. The Morgan fingerprint density at radius 1 is 1.33 bits per heavy atom. The van der Waals surface area contributed by atoms with Crippen LogP contribution >= 0.6 is 15.9 Å². The number of rotatable bonds is 5. The van der Waals surface area contributed by atoms with Crippen LogP contribution in [0.15, 0.2) is 16.6 Å². The molecule has 0 unspecified atom stereocenters. The monoisotopic (exact) mass is 272 g/mol. The number of hydrogen-bond donors (Lipinski definition) is 0. The zero-order valence-corrected chi connectivity index (χ0v) is 10.3. The van der Waals surface area contributed by atoms with Crippen LogP contribution in [0.4, 0.5) is 0 Å². The zero-order valence-electron chi connectivity index (χ0n) is 8.75. The average Bonchev–Trinajstić information content (AvgIpc) is 2.26. The van der Waals surface area contributed by atoms with Crippen molar-refractivity contribution in [3.63, 3.8) is 0 Å². The quantitative estimate of drug-likeness (QED) is 0.773. The molecule has 0 fully saturated rings. The number of aldehydes is 1. The molecule has 0 saturated carbocycles. The molecule has 1 aromatic carbocycles. The molecule has 4 heteroatoms. The van der Waals surface area contributed by atoms with E-state index < -0.39 is 0 Å². The lowest BCUT2D eigenvalue weighted by Crippen LogP contribution is -1.96. The summed E-state index contributed by atoms with van der Waals surface area (Å²) in [6, 6.07) is 3.67. The molecule has 15 heavy (non-hydrogen) atoms. The van der Waals surface area contributed by atoms with Gasteiger partial charge >= 0.3 is 0 Å². The summed E-state index contributed by atoms with van der Waals surface area (Å²) in [5.41, 5.74) is 0.991. The van der Waals surface area contributed by atoms with Crippen LogP contribution in [0.2, 0.25) is 0 Å². The molecule has 0 aliphatic carbocycles. The van der Waals surface area contributed by atoms with Crippen LogP contribution in [0.25, 0.3) is 0 Å². The van der Waals surface area contributed by atoms with Crippen molar-refractivity contribution in [2.45, 2.75) is 12.8 Å². The van der Waals surface area contributed by atoms with Gasteiger partial charge in [0, 0.05) is 22.5 Å². The molecule has 0 N–H and O–H groups in total. The number of ether oxygens (including phenoxy) is 2. The maximum atomic E-state index is 10.3. The molecule has 3 nitrogen and oxygen atoms in total. The number of carbonyl (C=O) groups is 1. The van der Waals surface area contributed by atoms with E-state index in [9.17, 15) is 4.79 Å². The summed E-state index contributed by atoms with van der Waals surface area (Å²) in [6.07, 6.45) is 2.05. The van der Waals surface area contributed by atoms with Gasteiger partial charge in [0.25, 0.3) is 0 Å². The van der Waals surface area contributed by atoms with E-state index in [1.165, 1.54) is 0 Å². The predicted molar refractivity (Wildman–Crippen MR) is 61.6 cm³/mol. The van der Waals surface area contributed by atoms with Gasteiger partial charge < -0.3 is 14.3 Å². The first-order valence-electron chi connectivity index (χ1n) is 4.57. The van der Waals surface area contributed by atoms with Gasteiger partial charge in [-0.1, -0.05) is 15.9 Å². The van der Waals surface area contributed by atoms with Crippen LogP contribution in [-0.2, 0) is 11.2 Å². The Hall–Kier alpha value is -1.03. The number of halogens is 1. The molecular weight excluding hydrogens is 260 g/mol. The third-order valence-electron chi connectivity index (χ3n) is 2.10. The van der Waals surface area contributed by atoms with Crippen molar-refractivity contribution in [2.24, 2.45) is 0 Å². The molecule has 0 heterocycles. The fourth-order valence-electron chi connectivity index (χ4n) is 1.33. The predicted octanol–water partition coefficient (Wildman–Crippen LogP) is 2.60. The zero-order chi connectivity index (χ0) is 11.3. The first-order chi connectivity index (χ1) is 7.22. The lowest BCUT2D eigenvalue weighted by atomic mass is 10.1. The fourth-order valence-corrected chi connectivity index (χ4v) is 1.95. The third kappa shape index (κ3) is 2.96. The first kappa shape index (κ1) is 12.0. The Kier molecular flexibility index (Phi) is 4.62. The second kappa shape index (κ2) is 5.75. The van der Waals surface area contributed by atoms with E-state index >= 15 is 0 Å². The highest BCUT2D eigenvalue weighted by atomic mass is 79.9. The molecule has 82 valence electrons. The fraction of sp³-hybridized carbons (Fsp3) is 0.364. The van der Waals surface area contributed by atoms with E-state index in [0.29, 0.717) is 12.8 Å². The van der Waals surface area contributed by atoms with Gasteiger partial charge in [-0.25, -0.2) is 0 Å². The van der Waals surface area contributed by atoms with Gasteiger partial charge in [0.15, 0.2) is 0 Å². The topological polar surface area (TPSA) is 35.5 Å². The Morgan fingerprint density at radius 2 is 2.07 bits per heavy atom. The van der Waals surface area contributed by atoms with E-state index in [0.717, 1.165) is 27.8 Å². The standard InChI is InChI=1S/C11H13BrO3/c1-14-8-6-10(12)9(4-3-5-13)11(7-8)15-2/h5-7H,3-4H2,1-2H3. The molecule has 0 aliphatic rings. The van der Waals surface area contributed by atoms with Gasteiger partial charge in [-0.2, -0.15) is 0 Å². The lowest BCUT2D eigenvalue weighted by molar-refractivity contribution is -0.107. The number of methoxy groups -OCH3 is 2. The van der Waals surface area contributed by atoms with Crippen molar-refractivity contribution in [3.05, 3.63) is 22.2 Å². The van der Waals surface area contributed by atoms with Gasteiger partial charge in [-0.15, -0.1) is 0 Å². The number of carbonyl (C=O) groups excluding carboxylic acids is 1. The molecule has 0 atom stereocenters. The average molecular weight is 273 g/mol. The molecule has 0 saturated heterocycles. The van der Waals surface area contributed by atoms with Crippen LogP contribution in [0.3, 0.4) is 0 Å². The van der Waals surface area contributed by atoms with Gasteiger partial charge in [0.1, 0.15) is 17.8 Å². The summed E-state index contributed by atoms with van der Waals surface area (Å²) in [6.45, 7) is 0. The van der Waals surface area contributed by atoms with E-state index in [1.807, 2.05) is 12.1 Å². The lowest BCUT2D eigenvalue weighted by Gasteiger charge is -2.11. The van der Waals surface area contributed by atoms with Crippen molar-refractivity contribution in [2.75, 3.05) is 14.2 Å².